The molecular weight excluding hydrogens is 272 g/mol. The maximum absolute atomic E-state index is 11.6. The lowest BCUT2D eigenvalue weighted by atomic mass is 10.3. The van der Waals surface area contributed by atoms with Gasteiger partial charge >= 0.3 is 6.03 Å². The smallest absolute Gasteiger partial charge is 0.319 e. The molecule has 106 valence electrons. The summed E-state index contributed by atoms with van der Waals surface area (Å²) in [6.07, 6.45) is 2.62. The number of urea groups is 1. The number of rotatable bonds is 7. The SMILES string of the molecule is O=C(NCCCSCc1ccco1)Nc1ccccc1. The van der Waals surface area contributed by atoms with Crippen molar-refractivity contribution in [3.05, 3.63) is 54.5 Å². The molecule has 0 aliphatic heterocycles. The molecule has 0 atom stereocenters. The molecule has 20 heavy (non-hydrogen) atoms. The van der Waals surface area contributed by atoms with Gasteiger partial charge in [-0.3, -0.25) is 0 Å². The summed E-state index contributed by atoms with van der Waals surface area (Å²) in [4.78, 5) is 11.6. The Morgan fingerprint density at radius 1 is 1.15 bits per heavy atom. The van der Waals surface area contributed by atoms with Gasteiger partial charge in [-0.05, 0) is 36.4 Å². The lowest BCUT2D eigenvalue weighted by molar-refractivity contribution is 0.252. The van der Waals surface area contributed by atoms with Crippen LogP contribution in [0.4, 0.5) is 10.5 Å². The van der Waals surface area contributed by atoms with Crippen LogP contribution < -0.4 is 10.6 Å². The van der Waals surface area contributed by atoms with E-state index < -0.39 is 0 Å². The number of carbonyl (C=O) groups excluding carboxylic acids is 1. The Morgan fingerprint density at radius 3 is 2.75 bits per heavy atom. The lowest BCUT2D eigenvalue weighted by Crippen LogP contribution is -2.29. The van der Waals surface area contributed by atoms with Crippen LogP contribution in [0.1, 0.15) is 12.2 Å². The first-order valence-corrected chi connectivity index (χ1v) is 7.70. The molecule has 0 unspecified atom stereocenters. The highest BCUT2D eigenvalue weighted by molar-refractivity contribution is 7.98. The second-order valence-electron chi connectivity index (χ2n) is 4.23. The Hall–Kier alpha value is -1.88. The van der Waals surface area contributed by atoms with Crippen molar-refractivity contribution in [2.45, 2.75) is 12.2 Å². The second kappa shape index (κ2) is 8.32. The Labute approximate surface area is 122 Å². The van der Waals surface area contributed by atoms with Gasteiger partial charge in [0.2, 0.25) is 0 Å². The molecule has 2 aromatic rings. The predicted octanol–water partition coefficient (Wildman–Crippen LogP) is 3.72. The number of hydrogen-bond acceptors (Lipinski definition) is 3. The number of nitrogens with one attached hydrogen (secondary N) is 2. The van der Waals surface area contributed by atoms with E-state index >= 15 is 0 Å². The third-order valence-corrected chi connectivity index (χ3v) is 3.67. The molecule has 1 aromatic heterocycles. The molecule has 2 rings (SSSR count). The van der Waals surface area contributed by atoms with Crippen LogP contribution in [-0.2, 0) is 5.75 Å². The van der Waals surface area contributed by atoms with Gasteiger partial charge in [-0.15, -0.1) is 0 Å². The summed E-state index contributed by atoms with van der Waals surface area (Å²) >= 11 is 1.80. The topological polar surface area (TPSA) is 54.3 Å². The third-order valence-electron chi connectivity index (χ3n) is 2.61. The van der Waals surface area contributed by atoms with Crippen molar-refractivity contribution in [1.29, 1.82) is 0 Å². The highest BCUT2D eigenvalue weighted by Gasteiger charge is 2.00. The molecule has 0 saturated heterocycles. The van der Waals surface area contributed by atoms with Gasteiger partial charge in [-0.1, -0.05) is 18.2 Å². The minimum absolute atomic E-state index is 0.160. The first kappa shape index (κ1) is 14.5. The molecule has 2 N–H and O–H groups in total. The van der Waals surface area contributed by atoms with Crippen molar-refractivity contribution < 1.29 is 9.21 Å². The van der Waals surface area contributed by atoms with Gasteiger partial charge in [0.05, 0.1) is 12.0 Å². The van der Waals surface area contributed by atoms with Gasteiger partial charge < -0.3 is 15.1 Å². The number of amides is 2. The van der Waals surface area contributed by atoms with Crippen molar-refractivity contribution in [3.63, 3.8) is 0 Å². The van der Waals surface area contributed by atoms with Crippen molar-refractivity contribution in [3.8, 4) is 0 Å². The van der Waals surface area contributed by atoms with Crippen molar-refractivity contribution in [1.82, 2.24) is 5.32 Å². The van der Waals surface area contributed by atoms with Crippen LogP contribution in [0.5, 0.6) is 0 Å². The molecule has 0 radical (unpaired) electrons. The number of thioether (sulfide) groups is 1. The number of furan rings is 1. The molecule has 2 amide bonds. The number of benzene rings is 1. The fraction of sp³-hybridized carbons (Fsp3) is 0.267. The van der Waals surface area contributed by atoms with Gasteiger partial charge in [-0.25, -0.2) is 4.79 Å². The number of carbonyl (C=O) groups is 1. The number of anilines is 1. The van der Waals surface area contributed by atoms with E-state index in [1.165, 1.54) is 0 Å². The summed E-state index contributed by atoms with van der Waals surface area (Å²) in [6.45, 7) is 0.670. The highest BCUT2D eigenvalue weighted by atomic mass is 32.2. The first-order valence-electron chi connectivity index (χ1n) is 6.54. The maximum Gasteiger partial charge on any atom is 0.319 e. The van der Waals surface area contributed by atoms with Crippen molar-refractivity contribution in [2.75, 3.05) is 17.6 Å². The third kappa shape index (κ3) is 5.40. The van der Waals surface area contributed by atoms with Crippen LogP contribution in [0.3, 0.4) is 0 Å². The molecule has 0 saturated carbocycles. The van der Waals surface area contributed by atoms with E-state index in [9.17, 15) is 4.79 Å². The standard InChI is InChI=1S/C15H18N2O2S/c18-15(17-13-6-2-1-3-7-13)16-9-5-11-20-12-14-8-4-10-19-14/h1-4,6-8,10H,5,9,11-12H2,(H2,16,17,18). The zero-order valence-electron chi connectivity index (χ0n) is 11.2. The molecule has 0 spiro atoms. The van der Waals surface area contributed by atoms with Gasteiger partial charge in [0, 0.05) is 12.2 Å². The van der Waals surface area contributed by atoms with Gasteiger partial charge in [0.1, 0.15) is 5.76 Å². The molecule has 0 aliphatic rings. The monoisotopic (exact) mass is 290 g/mol. The summed E-state index contributed by atoms with van der Waals surface area (Å²) in [7, 11) is 0. The molecule has 0 bridgehead atoms. The molecule has 1 aromatic carbocycles. The average molecular weight is 290 g/mol. The van der Waals surface area contributed by atoms with Gasteiger partial charge in [-0.2, -0.15) is 11.8 Å². The number of hydrogen-bond donors (Lipinski definition) is 2. The fourth-order valence-electron chi connectivity index (χ4n) is 1.64. The zero-order valence-corrected chi connectivity index (χ0v) is 12.0. The average Bonchev–Trinajstić information content (AvgIpc) is 2.97. The predicted molar refractivity (Wildman–Crippen MR) is 83.0 cm³/mol. The second-order valence-corrected chi connectivity index (χ2v) is 5.34. The summed E-state index contributed by atoms with van der Waals surface area (Å²) in [5, 5.41) is 5.62. The summed E-state index contributed by atoms with van der Waals surface area (Å²) in [6, 6.07) is 13.1. The fourth-order valence-corrected chi connectivity index (χ4v) is 2.50. The lowest BCUT2D eigenvalue weighted by Gasteiger charge is -2.07. The van der Waals surface area contributed by atoms with E-state index in [4.69, 9.17) is 4.42 Å². The van der Waals surface area contributed by atoms with Crippen LogP contribution in [0.2, 0.25) is 0 Å². The summed E-state index contributed by atoms with van der Waals surface area (Å²) in [5.74, 6) is 2.86. The van der Waals surface area contributed by atoms with Crippen LogP contribution in [0, 0.1) is 0 Å². The Morgan fingerprint density at radius 2 is 2.00 bits per heavy atom. The molecule has 0 aliphatic carbocycles. The molecule has 4 nitrogen and oxygen atoms in total. The summed E-state index contributed by atoms with van der Waals surface area (Å²) < 4.78 is 5.24. The first-order chi connectivity index (χ1) is 9.84. The van der Waals surface area contributed by atoms with Crippen LogP contribution in [-0.4, -0.2) is 18.3 Å². The minimum Gasteiger partial charge on any atom is -0.468 e. The Balaban J connectivity index is 1.51. The Bertz CT molecular complexity index is 500. The van der Waals surface area contributed by atoms with Crippen molar-refractivity contribution >= 4 is 23.5 Å². The summed E-state index contributed by atoms with van der Waals surface area (Å²) in [5.41, 5.74) is 0.803. The normalized spacial score (nSPS) is 10.2. The van der Waals surface area contributed by atoms with E-state index in [2.05, 4.69) is 10.6 Å². The Kier molecular flexibility index (Phi) is 6.05. The number of para-hydroxylation sites is 1. The van der Waals surface area contributed by atoms with Gasteiger partial charge in [0.25, 0.3) is 0 Å². The molecule has 1 heterocycles. The van der Waals surface area contributed by atoms with Crippen molar-refractivity contribution in [2.24, 2.45) is 0 Å². The van der Waals surface area contributed by atoms with E-state index in [-0.39, 0.29) is 6.03 Å². The minimum atomic E-state index is -0.160. The van der Waals surface area contributed by atoms with E-state index in [1.807, 2.05) is 42.5 Å². The largest absolute Gasteiger partial charge is 0.468 e. The zero-order chi connectivity index (χ0) is 14.0. The van der Waals surface area contributed by atoms with Gasteiger partial charge in [0.15, 0.2) is 0 Å². The van der Waals surface area contributed by atoms with Crippen LogP contribution in [0.15, 0.2) is 53.1 Å². The highest BCUT2D eigenvalue weighted by Crippen LogP contribution is 2.12. The van der Waals surface area contributed by atoms with Crippen LogP contribution in [0.25, 0.3) is 0 Å². The molecular formula is C15H18N2O2S. The van der Waals surface area contributed by atoms with Crippen LogP contribution >= 0.6 is 11.8 Å². The molecule has 5 heteroatoms. The van der Waals surface area contributed by atoms with E-state index in [0.29, 0.717) is 6.54 Å². The van der Waals surface area contributed by atoms with E-state index in [1.54, 1.807) is 18.0 Å². The molecule has 0 fully saturated rings. The quantitative estimate of drug-likeness (QED) is 0.764. The van der Waals surface area contributed by atoms with E-state index in [0.717, 1.165) is 29.4 Å². The maximum atomic E-state index is 11.6.